The molecule has 12 heteroatoms. The number of ether oxygens (including phenoxy) is 2. The van der Waals surface area contributed by atoms with E-state index in [1.165, 1.54) is 45.5 Å². The molecule has 166 valence electrons. The molecule has 0 saturated carbocycles. The molecule has 0 atom stereocenters. The summed E-state index contributed by atoms with van der Waals surface area (Å²) < 4.78 is 36.7. The number of anilines is 1. The summed E-state index contributed by atoms with van der Waals surface area (Å²) in [5.41, 5.74) is 0.931. The number of likely N-dealkylation sites (N-methyl/N-ethyl adjacent to an activating group) is 1. The number of rotatable bonds is 8. The van der Waals surface area contributed by atoms with E-state index < -0.39 is 22.5 Å². The zero-order valence-corrected chi connectivity index (χ0v) is 18.3. The van der Waals surface area contributed by atoms with Gasteiger partial charge in [-0.05, 0) is 36.4 Å². The second-order valence-corrected chi connectivity index (χ2v) is 8.56. The van der Waals surface area contributed by atoms with Gasteiger partial charge in [0.15, 0.2) is 5.82 Å². The van der Waals surface area contributed by atoms with Gasteiger partial charge in [0.2, 0.25) is 21.9 Å². The maximum Gasteiger partial charge on any atom is 0.249 e. The van der Waals surface area contributed by atoms with Crippen LogP contribution in [0.1, 0.15) is 5.56 Å². The SMILES string of the molecule is COc1ccc(-c2nc(NC(=O)CN(C)S(=O)(=O)c3ccc(C#N)cc3)n[nH]2)c(OC)c1. The normalized spacial score (nSPS) is 11.1. The molecule has 0 spiro atoms. The van der Waals surface area contributed by atoms with E-state index in [1.54, 1.807) is 18.2 Å². The smallest absolute Gasteiger partial charge is 0.249 e. The Hall–Kier alpha value is -3.95. The fraction of sp³-hybridized carbons (Fsp3) is 0.200. The number of hydrogen-bond acceptors (Lipinski definition) is 8. The Balaban J connectivity index is 1.69. The Labute approximate surface area is 184 Å². The summed E-state index contributed by atoms with van der Waals surface area (Å²) in [5.74, 6) is 0.791. The molecule has 0 aliphatic carbocycles. The Morgan fingerprint density at radius 3 is 2.53 bits per heavy atom. The molecule has 32 heavy (non-hydrogen) atoms. The average molecular weight is 456 g/mol. The van der Waals surface area contributed by atoms with E-state index in [-0.39, 0.29) is 10.8 Å². The van der Waals surface area contributed by atoms with Crippen molar-refractivity contribution in [3.8, 4) is 29.0 Å². The third-order valence-electron chi connectivity index (χ3n) is 4.46. The first kappa shape index (κ1) is 22.7. The summed E-state index contributed by atoms with van der Waals surface area (Å²) in [4.78, 5) is 16.5. The summed E-state index contributed by atoms with van der Waals surface area (Å²) in [6, 6.07) is 12.5. The van der Waals surface area contributed by atoms with Gasteiger partial charge in [-0.2, -0.15) is 14.6 Å². The van der Waals surface area contributed by atoms with Crippen LogP contribution < -0.4 is 14.8 Å². The lowest BCUT2D eigenvalue weighted by Crippen LogP contribution is -2.35. The minimum absolute atomic E-state index is 0.0213. The first-order valence-corrected chi connectivity index (χ1v) is 10.6. The second-order valence-electron chi connectivity index (χ2n) is 6.52. The van der Waals surface area contributed by atoms with E-state index in [0.717, 1.165) is 4.31 Å². The van der Waals surface area contributed by atoms with Crippen molar-refractivity contribution in [3.63, 3.8) is 0 Å². The Bertz CT molecular complexity index is 1260. The van der Waals surface area contributed by atoms with Gasteiger partial charge in [-0.15, -0.1) is 5.10 Å². The molecule has 2 N–H and O–H groups in total. The number of sulfonamides is 1. The van der Waals surface area contributed by atoms with Crippen molar-refractivity contribution in [2.45, 2.75) is 4.90 Å². The number of aromatic amines is 1. The number of aromatic nitrogens is 3. The first-order chi connectivity index (χ1) is 15.3. The molecule has 0 radical (unpaired) electrons. The number of nitriles is 1. The van der Waals surface area contributed by atoms with Crippen LogP contribution in [0, 0.1) is 11.3 Å². The van der Waals surface area contributed by atoms with Crippen molar-refractivity contribution < 1.29 is 22.7 Å². The Morgan fingerprint density at radius 1 is 1.19 bits per heavy atom. The number of nitrogens with one attached hydrogen (secondary N) is 2. The van der Waals surface area contributed by atoms with Crippen LogP contribution in [0.15, 0.2) is 47.4 Å². The minimum atomic E-state index is -3.92. The first-order valence-electron chi connectivity index (χ1n) is 9.19. The predicted molar refractivity (Wildman–Crippen MR) is 115 cm³/mol. The summed E-state index contributed by atoms with van der Waals surface area (Å²) in [5, 5.41) is 17.9. The van der Waals surface area contributed by atoms with Crippen LogP contribution in [0.25, 0.3) is 11.4 Å². The van der Waals surface area contributed by atoms with Crippen LogP contribution in [-0.2, 0) is 14.8 Å². The summed E-state index contributed by atoms with van der Waals surface area (Å²) in [6.45, 7) is -0.460. The van der Waals surface area contributed by atoms with Crippen molar-refractivity contribution in [3.05, 3.63) is 48.0 Å². The molecule has 1 amide bonds. The molecular formula is C20H20N6O5S. The number of H-pyrrole nitrogens is 1. The molecule has 1 heterocycles. The highest BCUT2D eigenvalue weighted by Crippen LogP contribution is 2.31. The number of amides is 1. The predicted octanol–water partition coefficient (Wildman–Crippen LogP) is 1.62. The number of nitrogens with zero attached hydrogens (tertiary/aromatic N) is 4. The van der Waals surface area contributed by atoms with Gasteiger partial charge in [0.1, 0.15) is 11.5 Å². The van der Waals surface area contributed by atoms with Gasteiger partial charge in [0, 0.05) is 13.1 Å². The molecule has 0 fully saturated rings. The molecule has 1 aromatic heterocycles. The van der Waals surface area contributed by atoms with Gasteiger partial charge >= 0.3 is 0 Å². The monoisotopic (exact) mass is 456 g/mol. The van der Waals surface area contributed by atoms with E-state index >= 15 is 0 Å². The van der Waals surface area contributed by atoms with Gasteiger partial charge in [-0.25, -0.2) is 8.42 Å². The minimum Gasteiger partial charge on any atom is -0.497 e. The number of carbonyl (C=O) groups is 1. The van der Waals surface area contributed by atoms with Gasteiger partial charge < -0.3 is 9.47 Å². The van der Waals surface area contributed by atoms with E-state index in [0.29, 0.717) is 28.5 Å². The molecule has 0 bridgehead atoms. The lowest BCUT2D eigenvalue weighted by molar-refractivity contribution is -0.116. The molecule has 3 rings (SSSR count). The summed E-state index contributed by atoms with van der Waals surface area (Å²) >= 11 is 0. The maximum atomic E-state index is 12.6. The van der Waals surface area contributed by atoms with Crippen molar-refractivity contribution in [1.29, 1.82) is 5.26 Å². The Morgan fingerprint density at radius 2 is 1.91 bits per heavy atom. The van der Waals surface area contributed by atoms with E-state index in [2.05, 4.69) is 20.5 Å². The molecule has 3 aromatic rings. The highest BCUT2D eigenvalue weighted by molar-refractivity contribution is 7.89. The van der Waals surface area contributed by atoms with Crippen LogP contribution in [-0.4, -0.2) is 61.6 Å². The van der Waals surface area contributed by atoms with Gasteiger partial charge in [0.05, 0.1) is 42.9 Å². The number of methoxy groups -OCH3 is 2. The average Bonchev–Trinajstić information content (AvgIpc) is 3.26. The van der Waals surface area contributed by atoms with Crippen LogP contribution in [0.5, 0.6) is 11.5 Å². The van der Waals surface area contributed by atoms with Crippen molar-refractivity contribution in [1.82, 2.24) is 19.5 Å². The van der Waals surface area contributed by atoms with Crippen LogP contribution in [0.4, 0.5) is 5.95 Å². The lowest BCUT2D eigenvalue weighted by atomic mass is 10.2. The number of carbonyl (C=O) groups excluding carboxylic acids is 1. The molecule has 0 saturated heterocycles. The number of benzene rings is 2. The zero-order chi connectivity index (χ0) is 23.3. The number of hydrogen-bond donors (Lipinski definition) is 2. The van der Waals surface area contributed by atoms with Crippen molar-refractivity contribution in [2.24, 2.45) is 0 Å². The summed E-state index contributed by atoms with van der Waals surface area (Å²) in [6.07, 6.45) is 0. The fourth-order valence-corrected chi connectivity index (χ4v) is 3.89. The molecule has 0 aliphatic heterocycles. The topological polar surface area (TPSA) is 150 Å². The van der Waals surface area contributed by atoms with Crippen molar-refractivity contribution in [2.75, 3.05) is 33.1 Å². The zero-order valence-electron chi connectivity index (χ0n) is 17.5. The standard InChI is InChI=1S/C20H20N6O5S/c1-26(32(28,29)15-7-4-13(11-21)5-8-15)12-18(27)22-20-23-19(24-25-20)16-9-6-14(30-2)10-17(16)31-3/h4-10H,12H2,1-3H3,(H2,22,23,24,25,27). The van der Waals surface area contributed by atoms with E-state index in [1.807, 2.05) is 6.07 Å². The quantitative estimate of drug-likeness (QED) is 0.519. The second kappa shape index (κ2) is 9.46. The van der Waals surface area contributed by atoms with Crippen LogP contribution >= 0.6 is 0 Å². The molecule has 0 unspecified atom stereocenters. The molecule has 0 aliphatic rings. The van der Waals surface area contributed by atoms with E-state index in [9.17, 15) is 13.2 Å². The molecule has 2 aromatic carbocycles. The third-order valence-corrected chi connectivity index (χ3v) is 6.28. The lowest BCUT2D eigenvalue weighted by Gasteiger charge is -2.16. The van der Waals surface area contributed by atoms with E-state index in [4.69, 9.17) is 14.7 Å². The van der Waals surface area contributed by atoms with Crippen LogP contribution in [0.2, 0.25) is 0 Å². The molecular weight excluding hydrogens is 436 g/mol. The third kappa shape index (κ3) is 4.85. The molecule has 11 nitrogen and oxygen atoms in total. The van der Waals surface area contributed by atoms with Gasteiger partial charge in [-0.1, -0.05) is 0 Å². The van der Waals surface area contributed by atoms with Gasteiger partial charge in [0.25, 0.3) is 0 Å². The largest absolute Gasteiger partial charge is 0.497 e. The fourth-order valence-electron chi connectivity index (χ4n) is 2.77. The van der Waals surface area contributed by atoms with Crippen molar-refractivity contribution >= 4 is 21.9 Å². The summed E-state index contributed by atoms with van der Waals surface area (Å²) in [7, 11) is 0.396. The maximum absolute atomic E-state index is 12.6. The highest BCUT2D eigenvalue weighted by atomic mass is 32.2. The van der Waals surface area contributed by atoms with Crippen LogP contribution in [0.3, 0.4) is 0 Å². The Kier molecular flexibility index (Phi) is 6.72. The highest BCUT2D eigenvalue weighted by Gasteiger charge is 2.23. The van der Waals surface area contributed by atoms with Gasteiger partial charge in [-0.3, -0.25) is 15.2 Å².